The lowest BCUT2D eigenvalue weighted by atomic mass is 9.72. The Balaban J connectivity index is 1.95. The molecule has 1 N–H and O–H groups in total. The number of hydrogen-bond donors (Lipinski definition) is 1. The van der Waals surface area contributed by atoms with Crippen LogP contribution in [0.1, 0.15) is 61.8 Å². The number of thiophene rings is 1. The number of likely N-dealkylation sites (N-methyl/N-ethyl adjacent to an activating group) is 1. The lowest BCUT2D eigenvalue weighted by Crippen LogP contribution is -2.35. The molecule has 0 aromatic carbocycles. The first kappa shape index (κ1) is 18.5. The number of nitrogens with zero attached hydrogens (tertiary/aromatic N) is 1. The molecule has 1 unspecified atom stereocenters. The normalized spacial score (nSPS) is 18.1. The Morgan fingerprint density at radius 3 is 2.65 bits per heavy atom. The van der Waals surface area contributed by atoms with Gasteiger partial charge in [-0.15, -0.1) is 11.3 Å². The van der Waals surface area contributed by atoms with Gasteiger partial charge < -0.3 is 10.2 Å². The molecule has 3 nitrogen and oxygen atoms in total. The van der Waals surface area contributed by atoms with Gasteiger partial charge in [0.1, 0.15) is 0 Å². The third kappa shape index (κ3) is 4.57. The summed E-state index contributed by atoms with van der Waals surface area (Å²) in [6, 6.07) is 0. The smallest absolute Gasteiger partial charge is 0.252 e. The van der Waals surface area contributed by atoms with E-state index in [2.05, 4.69) is 50.2 Å². The Labute approximate surface area is 145 Å². The van der Waals surface area contributed by atoms with Gasteiger partial charge in [0, 0.05) is 23.3 Å². The van der Waals surface area contributed by atoms with Crippen LogP contribution in [0.3, 0.4) is 0 Å². The molecule has 0 radical (unpaired) electrons. The molecule has 2 rings (SSSR count). The van der Waals surface area contributed by atoms with Crippen LogP contribution in [0.25, 0.3) is 0 Å². The van der Waals surface area contributed by atoms with E-state index in [-0.39, 0.29) is 5.91 Å². The third-order valence-electron chi connectivity index (χ3n) is 5.23. The molecule has 1 amide bonds. The summed E-state index contributed by atoms with van der Waals surface area (Å²) >= 11 is 1.78. The summed E-state index contributed by atoms with van der Waals surface area (Å²) in [5.41, 5.74) is 2.60. The van der Waals surface area contributed by atoms with E-state index in [9.17, 15) is 4.79 Å². The van der Waals surface area contributed by atoms with Crippen molar-refractivity contribution in [3.8, 4) is 0 Å². The van der Waals surface area contributed by atoms with Gasteiger partial charge in [-0.1, -0.05) is 34.6 Å². The standard InChI is InChI=1S/C19H32N2OS/c1-6-21(7-2)11-10-20-18(22)16-13-23-17-12-14(19(3,4)5)8-9-15(16)17/h13-14H,6-12H2,1-5H3,(H,20,22). The summed E-state index contributed by atoms with van der Waals surface area (Å²) in [7, 11) is 0. The molecule has 1 atom stereocenters. The minimum Gasteiger partial charge on any atom is -0.351 e. The van der Waals surface area contributed by atoms with Crippen LogP contribution >= 0.6 is 11.3 Å². The summed E-state index contributed by atoms with van der Waals surface area (Å²) in [5, 5.41) is 5.17. The zero-order valence-electron chi connectivity index (χ0n) is 15.4. The molecule has 1 heterocycles. The van der Waals surface area contributed by atoms with Crippen LogP contribution in [0, 0.1) is 11.3 Å². The van der Waals surface area contributed by atoms with E-state index in [0.717, 1.165) is 50.5 Å². The number of nitrogens with one attached hydrogen (secondary N) is 1. The van der Waals surface area contributed by atoms with Crippen LogP contribution in [0.15, 0.2) is 5.38 Å². The first-order valence-corrected chi connectivity index (χ1v) is 9.84. The van der Waals surface area contributed by atoms with Gasteiger partial charge in [-0.2, -0.15) is 0 Å². The van der Waals surface area contributed by atoms with Crippen LogP contribution in [-0.2, 0) is 12.8 Å². The van der Waals surface area contributed by atoms with E-state index in [1.807, 2.05) is 0 Å². The topological polar surface area (TPSA) is 32.3 Å². The molecule has 1 aliphatic carbocycles. The molecule has 1 aliphatic rings. The molecule has 0 saturated heterocycles. The molecular formula is C19H32N2OS. The number of carbonyl (C=O) groups excluding carboxylic acids is 1. The second-order valence-electron chi connectivity index (χ2n) is 7.64. The molecule has 23 heavy (non-hydrogen) atoms. The van der Waals surface area contributed by atoms with Crippen molar-refractivity contribution in [3.63, 3.8) is 0 Å². The Morgan fingerprint density at radius 1 is 1.35 bits per heavy atom. The van der Waals surface area contributed by atoms with Gasteiger partial charge in [0.15, 0.2) is 0 Å². The lowest BCUT2D eigenvalue weighted by molar-refractivity contribution is 0.0948. The van der Waals surface area contributed by atoms with E-state index in [4.69, 9.17) is 0 Å². The molecule has 0 spiro atoms. The molecule has 1 aromatic rings. The molecule has 0 bridgehead atoms. The van der Waals surface area contributed by atoms with Crippen molar-refractivity contribution in [2.24, 2.45) is 11.3 Å². The maximum Gasteiger partial charge on any atom is 0.252 e. The number of rotatable bonds is 6. The first-order valence-electron chi connectivity index (χ1n) is 8.96. The minimum absolute atomic E-state index is 0.115. The number of fused-ring (bicyclic) bond motifs is 1. The van der Waals surface area contributed by atoms with Gasteiger partial charge in [-0.05, 0) is 49.2 Å². The predicted molar refractivity (Wildman–Crippen MR) is 99.4 cm³/mol. The fourth-order valence-corrected chi connectivity index (χ4v) is 4.57. The predicted octanol–water partition coefficient (Wildman–Crippen LogP) is 3.97. The molecular weight excluding hydrogens is 304 g/mol. The number of hydrogen-bond acceptors (Lipinski definition) is 3. The summed E-state index contributed by atoms with van der Waals surface area (Å²) in [6.07, 6.45) is 3.39. The van der Waals surface area contributed by atoms with Gasteiger partial charge in [-0.25, -0.2) is 0 Å². The van der Waals surface area contributed by atoms with E-state index >= 15 is 0 Å². The summed E-state index contributed by atoms with van der Waals surface area (Å²) < 4.78 is 0. The zero-order valence-corrected chi connectivity index (χ0v) is 16.2. The fraction of sp³-hybridized carbons (Fsp3) is 0.737. The highest BCUT2D eigenvalue weighted by molar-refractivity contribution is 7.10. The molecule has 0 fully saturated rings. The van der Waals surface area contributed by atoms with Crippen molar-refractivity contribution in [1.82, 2.24) is 10.2 Å². The highest BCUT2D eigenvalue weighted by atomic mass is 32.1. The van der Waals surface area contributed by atoms with Gasteiger partial charge in [0.05, 0.1) is 5.56 Å². The third-order valence-corrected chi connectivity index (χ3v) is 6.28. The van der Waals surface area contributed by atoms with Crippen molar-refractivity contribution in [2.45, 2.75) is 53.9 Å². The Hall–Kier alpha value is -0.870. The average molecular weight is 337 g/mol. The monoisotopic (exact) mass is 336 g/mol. The van der Waals surface area contributed by atoms with Crippen LogP contribution in [0.2, 0.25) is 0 Å². The zero-order chi connectivity index (χ0) is 17.0. The molecule has 0 saturated carbocycles. The average Bonchev–Trinajstić information content (AvgIpc) is 2.93. The van der Waals surface area contributed by atoms with Gasteiger partial charge in [0.25, 0.3) is 5.91 Å². The summed E-state index contributed by atoms with van der Waals surface area (Å²) in [6.45, 7) is 15.0. The van der Waals surface area contributed by atoms with Gasteiger partial charge >= 0.3 is 0 Å². The summed E-state index contributed by atoms with van der Waals surface area (Å²) in [5.74, 6) is 0.844. The highest BCUT2D eigenvalue weighted by Crippen LogP contribution is 2.40. The van der Waals surface area contributed by atoms with E-state index in [0.29, 0.717) is 5.41 Å². The van der Waals surface area contributed by atoms with Crippen LogP contribution in [-0.4, -0.2) is 37.0 Å². The minimum atomic E-state index is 0.115. The van der Waals surface area contributed by atoms with E-state index < -0.39 is 0 Å². The fourth-order valence-electron chi connectivity index (χ4n) is 3.40. The molecule has 0 aliphatic heterocycles. The van der Waals surface area contributed by atoms with Crippen molar-refractivity contribution in [2.75, 3.05) is 26.2 Å². The van der Waals surface area contributed by atoms with Crippen LogP contribution in [0.4, 0.5) is 0 Å². The molecule has 130 valence electrons. The summed E-state index contributed by atoms with van der Waals surface area (Å²) in [4.78, 5) is 16.3. The Bertz CT molecular complexity index is 526. The largest absolute Gasteiger partial charge is 0.351 e. The second-order valence-corrected chi connectivity index (χ2v) is 8.60. The maximum absolute atomic E-state index is 12.5. The lowest BCUT2D eigenvalue weighted by Gasteiger charge is -2.34. The first-order chi connectivity index (χ1) is 10.9. The van der Waals surface area contributed by atoms with E-state index in [1.54, 1.807) is 11.3 Å². The van der Waals surface area contributed by atoms with Crippen LogP contribution < -0.4 is 5.32 Å². The highest BCUT2D eigenvalue weighted by Gasteiger charge is 2.31. The Kier molecular flexibility index (Phi) is 6.26. The van der Waals surface area contributed by atoms with Crippen molar-refractivity contribution in [1.29, 1.82) is 0 Å². The quantitative estimate of drug-likeness (QED) is 0.852. The van der Waals surface area contributed by atoms with Crippen LogP contribution in [0.5, 0.6) is 0 Å². The maximum atomic E-state index is 12.5. The number of amides is 1. The van der Waals surface area contributed by atoms with Crippen molar-refractivity contribution < 1.29 is 4.79 Å². The van der Waals surface area contributed by atoms with Gasteiger partial charge in [-0.3, -0.25) is 4.79 Å². The number of carbonyl (C=O) groups is 1. The molecule has 4 heteroatoms. The second kappa shape index (κ2) is 7.80. The van der Waals surface area contributed by atoms with Gasteiger partial charge in [0.2, 0.25) is 0 Å². The SMILES string of the molecule is CCN(CC)CCNC(=O)c1csc2c1CCC(C(C)(C)C)C2. The van der Waals surface area contributed by atoms with Crippen molar-refractivity contribution >= 4 is 17.2 Å². The van der Waals surface area contributed by atoms with E-state index in [1.165, 1.54) is 16.9 Å². The molecule has 1 aromatic heterocycles. The van der Waals surface area contributed by atoms with Crippen molar-refractivity contribution in [3.05, 3.63) is 21.4 Å². The Morgan fingerprint density at radius 2 is 2.04 bits per heavy atom.